The zero-order chi connectivity index (χ0) is 14.9. The lowest BCUT2D eigenvalue weighted by Gasteiger charge is -2.17. The molecule has 0 amide bonds. The highest BCUT2D eigenvalue weighted by Gasteiger charge is 2.27. The van der Waals surface area contributed by atoms with E-state index in [0.717, 1.165) is 10.4 Å². The van der Waals surface area contributed by atoms with Gasteiger partial charge in [0.05, 0.1) is 17.3 Å². The van der Waals surface area contributed by atoms with Crippen LogP contribution < -0.4 is 5.73 Å². The molecule has 2 rings (SSSR count). The second-order valence-electron chi connectivity index (χ2n) is 4.16. The molecule has 0 aliphatic carbocycles. The molecule has 0 spiro atoms. The van der Waals surface area contributed by atoms with E-state index in [1.807, 2.05) is 0 Å². The Morgan fingerprint density at radius 1 is 1.45 bits per heavy atom. The summed E-state index contributed by atoms with van der Waals surface area (Å²) in [4.78, 5) is -0.474. The number of halogens is 2. The summed E-state index contributed by atoms with van der Waals surface area (Å²) >= 11 is 2.94. The van der Waals surface area contributed by atoms with Gasteiger partial charge in [-0.15, -0.1) is 0 Å². The highest BCUT2D eigenvalue weighted by Crippen LogP contribution is 2.28. The average Bonchev–Trinajstić information content (AvgIpc) is 2.86. The monoisotopic (exact) mass is 362 g/mol. The van der Waals surface area contributed by atoms with Gasteiger partial charge in [-0.3, -0.25) is 0 Å². The Bertz CT molecular complexity index is 717. The molecule has 5 nitrogen and oxygen atoms in total. The van der Waals surface area contributed by atoms with E-state index >= 15 is 0 Å². The Hall–Kier alpha value is -1.38. The summed E-state index contributed by atoms with van der Waals surface area (Å²) in [5.41, 5.74) is 5.72. The fourth-order valence-corrected chi connectivity index (χ4v) is 3.51. The zero-order valence-corrected chi connectivity index (χ0v) is 12.9. The molecule has 0 saturated heterocycles. The molecule has 1 heterocycles. The second kappa shape index (κ2) is 5.55. The van der Waals surface area contributed by atoms with Gasteiger partial charge in [-0.2, -0.15) is 4.31 Å². The van der Waals surface area contributed by atoms with Gasteiger partial charge in [-0.1, -0.05) is 0 Å². The van der Waals surface area contributed by atoms with Crippen LogP contribution in [0.3, 0.4) is 0 Å². The number of benzene rings is 1. The Morgan fingerprint density at radius 2 is 2.15 bits per heavy atom. The molecule has 0 fully saturated rings. The van der Waals surface area contributed by atoms with Gasteiger partial charge < -0.3 is 10.2 Å². The highest BCUT2D eigenvalue weighted by atomic mass is 79.9. The largest absolute Gasteiger partial charge is 0.468 e. The van der Waals surface area contributed by atoms with Gasteiger partial charge in [0.1, 0.15) is 10.7 Å². The molecule has 2 aromatic rings. The molecular weight excluding hydrogens is 351 g/mol. The number of anilines is 1. The number of nitrogen functional groups attached to an aromatic ring is 1. The molecule has 0 bridgehead atoms. The molecule has 2 N–H and O–H groups in total. The normalized spacial score (nSPS) is 12.0. The van der Waals surface area contributed by atoms with Crippen LogP contribution in [0.5, 0.6) is 0 Å². The van der Waals surface area contributed by atoms with Crippen molar-refractivity contribution < 1.29 is 17.2 Å². The van der Waals surface area contributed by atoms with Crippen LogP contribution in [0.25, 0.3) is 0 Å². The molecule has 0 unspecified atom stereocenters. The molecule has 1 aromatic heterocycles. The summed E-state index contributed by atoms with van der Waals surface area (Å²) in [6.45, 7) is 0.00118. The quantitative estimate of drug-likeness (QED) is 0.848. The second-order valence-corrected chi connectivity index (χ2v) is 7.02. The van der Waals surface area contributed by atoms with E-state index in [9.17, 15) is 12.8 Å². The standard InChI is InChI=1S/C12H12BrFN2O3S/c1-16(7-9-3-2-4-19-9)20(17,18)11-6-8(15)5-10(13)12(11)14/h2-6H,7,15H2,1H3. The van der Waals surface area contributed by atoms with Crippen LogP contribution in [0, 0.1) is 5.82 Å². The first-order chi connectivity index (χ1) is 9.32. The van der Waals surface area contributed by atoms with E-state index in [-0.39, 0.29) is 16.7 Å². The molecule has 0 saturated carbocycles. The molecule has 0 aliphatic heterocycles. The molecule has 8 heteroatoms. The molecule has 20 heavy (non-hydrogen) atoms. The number of hydrogen-bond donors (Lipinski definition) is 1. The summed E-state index contributed by atoms with van der Waals surface area (Å²) < 4.78 is 44.8. The van der Waals surface area contributed by atoms with Crippen molar-refractivity contribution in [1.29, 1.82) is 0 Å². The maximum atomic E-state index is 14.0. The first kappa shape index (κ1) is 15.0. The van der Waals surface area contributed by atoms with Crippen molar-refractivity contribution in [3.8, 4) is 0 Å². The lowest BCUT2D eigenvalue weighted by atomic mass is 10.3. The number of nitrogens with zero attached hydrogens (tertiary/aromatic N) is 1. The summed E-state index contributed by atoms with van der Waals surface area (Å²) in [7, 11) is -2.66. The Labute approximate surface area is 124 Å². The van der Waals surface area contributed by atoms with Gasteiger partial charge in [0.15, 0.2) is 5.82 Å². The predicted molar refractivity (Wildman–Crippen MR) is 75.9 cm³/mol. The van der Waals surface area contributed by atoms with Crippen LogP contribution in [0.2, 0.25) is 0 Å². The molecule has 108 valence electrons. The number of nitrogens with two attached hydrogens (primary N) is 1. The van der Waals surface area contributed by atoms with Crippen molar-refractivity contribution in [3.63, 3.8) is 0 Å². The van der Waals surface area contributed by atoms with E-state index in [2.05, 4.69) is 15.9 Å². The minimum absolute atomic E-state index is 0.00118. The summed E-state index contributed by atoms with van der Waals surface area (Å²) in [5, 5.41) is 0. The van der Waals surface area contributed by atoms with Gasteiger partial charge in [0.2, 0.25) is 10.0 Å². The fraction of sp³-hybridized carbons (Fsp3) is 0.167. The van der Waals surface area contributed by atoms with Gasteiger partial charge in [0, 0.05) is 12.7 Å². The van der Waals surface area contributed by atoms with E-state index < -0.39 is 20.7 Å². The maximum Gasteiger partial charge on any atom is 0.246 e. The zero-order valence-electron chi connectivity index (χ0n) is 10.5. The van der Waals surface area contributed by atoms with Crippen molar-refractivity contribution >= 4 is 31.6 Å². The lowest BCUT2D eigenvalue weighted by molar-refractivity contribution is 0.404. The van der Waals surface area contributed by atoms with Crippen LogP contribution in [0.15, 0.2) is 44.3 Å². The maximum absolute atomic E-state index is 14.0. The highest BCUT2D eigenvalue weighted by molar-refractivity contribution is 9.10. The smallest absolute Gasteiger partial charge is 0.246 e. The van der Waals surface area contributed by atoms with Gasteiger partial charge in [0.25, 0.3) is 0 Å². The minimum atomic E-state index is -4.00. The number of rotatable bonds is 4. The van der Waals surface area contributed by atoms with Gasteiger partial charge in [-0.25, -0.2) is 12.8 Å². The van der Waals surface area contributed by atoms with Crippen molar-refractivity contribution in [3.05, 3.63) is 46.6 Å². The number of hydrogen-bond acceptors (Lipinski definition) is 4. The van der Waals surface area contributed by atoms with Gasteiger partial charge >= 0.3 is 0 Å². The fourth-order valence-electron chi connectivity index (χ4n) is 1.65. The molecule has 0 atom stereocenters. The Morgan fingerprint density at radius 3 is 2.75 bits per heavy atom. The predicted octanol–water partition coefficient (Wildman–Crippen LogP) is 2.58. The van der Waals surface area contributed by atoms with Crippen molar-refractivity contribution in [2.24, 2.45) is 0 Å². The van der Waals surface area contributed by atoms with E-state index in [4.69, 9.17) is 10.2 Å². The third-order valence-electron chi connectivity index (χ3n) is 2.66. The van der Waals surface area contributed by atoms with Crippen LogP contribution in [-0.4, -0.2) is 19.8 Å². The summed E-state index contributed by atoms with van der Waals surface area (Å²) in [6, 6.07) is 5.68. The summed E-state index contributed by atoms with van der Waals surface area (Å²) in [5.74, 6) is -0.412. The van der Waals surface area contributed by atoms with Crippen LogP contribution in [0.4, 0.5) is 10.1 Å². The van der Waals surface area contributed by atoms with Crippen LogP contribution in [-0.2, 0) is 16.6 Å². The first-order valence-electron chi connectivity index (χ1n) is 5.55. The first-order valence-corrected chi connectivity index (χ1v) is 7.79. The van der Waals surface area contributed by atoms with Crippen LogP contribution >= 0.6 is 15.9 Å². The topological polar surface area (TPSA) is 76.5 Å². The van der Waals surface area contributed by atoms with Crippen molar-refractivity contribution in [2.45, 2.75) is 11.4 Å². The minimum Gasteiger partial charge on any atom is -0.468 e. The number of sulfonamides is 1. The Balaban J connectivity index is 2.40. The molecule has 1 aromatic carbocycles. The Kier molecular flexibility index (Phi) is 4.17. The van der Waals surface area contributed by atoms with E-state index in [0.29, 0.717) is 5.76 Å². The van der Waals surface area contributed by atoms with E-state index in [1.54, 1.807) is 12.1 Å². The van der Waals surface area contributed by atoms with Crippen molar-refractivity contribution in [2.75, 3.05) is 12.8 Å². The SMILES string of the molecule is CN(Cc1ccco1)S(=O)(=O)c1cc(N)cc(Br)c1F. The van der Waals surface area contributed by atoms with E-state index in [1.165, 1.54) is 19.4 Å². The average molecular weight is 363 g/mol. The third-order valence-corrected chi connectivity index (χ3v) is 5.04. The van der Waals surface area contributed by atoms with Crippen molar-refractivity contribution in [1.82, 2.24) is 4.31 Å². The summed E-state index contributed by atoms with van der Waals surface area (Å²) in [6.07, 6.45) is 1.44. The molecule has 0 aliphatic rings. The molecule has 0 radical (unpaired) electrons. The molecular formula is C12H12BrFN2O3S. The third kappa shape index (κ3) is 2.87. The lowest BCUT2D eigenvalue weighted by Crippen LogP contribution is -2.27. The number of furan rings is 1. The van der Waals surface area contributed by atoms with Gasteiger partial charge in [-0.05, 0) is 40.2 Å². The van der Waals surface area contributed by atoms with Crippen LogP contribution in [0.1, 0.15) is 5.76 Å².